The number of ether oxygens (including phenoxy) is 1. The Morgan fingerprint density at radius 3 is 3.22 bits per heavy atom. The SMILES string of the molecule is COCc1cc[c]nc1. The maximum atomic E-state index is 4.87. The third kappa shape index (κ3) is 1.82. The van der Waals surface area contributed by atoms with Crippen molar-refractivity contribution in [2.45, 2.75) is 6.61 Å². The van der Waals surface area contributed by atoms with Gasteiger partial charge in [-0.05, 0) is 11.6 Å². The van der Waals surface area contributed by atoms with E-state index in [1.807, 2.05) is 6.07 Å². The average Bonchev–Trinajstić information content (AvgIpc) is 1.91. The summed E-state index contributed by atoms with van der Waals surface area (Å²) in [4.78, 5) is 3.80. The molecular weight excluding hydrogens is 114 g/mol. The lowest BCUT2D eigenvalue weighted by molar-refractivity contribution is 0.184. The molecule has 0 amide bonds. The third-order valence-corrected chi connectivity index (χ3v) is 0.988. The molecule has 2 heteroatoms. The number of aromatic nitrogens is 1. The fraction of sp³-hybridized carbons (Fsp3) is 0.286. The zero-order valence-corrected chi connectivity index (χ0v) is 5.29. The van der Waals surface area contributed by atoms with E-state index in [1.165, 1.54) is 0 Å². The summed E-state index contributed by atoms with van der Waals surface area (Å²) < 4.78 is 4.87. The minimum atomic E-state index is 0.627. The second-order valence-corrected chi connectivity index (χ2v) is 1.73. The maximum Gasteiger partial charge on any atom is 0.0886 e. The normalized spacial score (nSPS) is 9.44. The number of rotatable bonds is 2. The lowest BCUT2D eigenvalue weighted by atomic mass is 10.3. The summed E-state index contributed by atoms with van der Waals surface area (Å²) in [6.07, 6.45) is 4.43. The molecule has 0 spiro atoms. The van der Waals surface area contributed by atoms with Crippen molar-refractivity contribution in [3.63, 3.8) is 0 Å². The van der Waals surface area contributed by atoms with Gasteiger partial charge in [0.05, 0.1) is 12.8 Å². The van der Waals surface area contributed by atoms with Crippen molar-refractivity contribution in [2.24, 2.45) is 0 Å². The molecule has 9 heavy (non-hydrogen) atoms. The van der Waals surface area contributed by atoms with Gasteiger partial charge in [-0.2, -0.15) is 0 Å². The topological polar surface area (TPSA) is 22.1 Å². The molecule has 1 rings (SSSR count). The molecule has 2 nitrogen and oxygen atoms in total. The lowest BCUT2D eigenvalue weighted by Gasteiger charge is -1.94. The van der Waals surface area contributed by atoms with E-state index in [4.69, 9.17) is 4.74 Å². The number of hydrogen-bond acceptors (Lipinski definition) is 2. The first-order chi connectivity index (χ1) is 4.43. The van der Waals surface area contributed by atoms with Gasteiger partial charge in [-0.3, -0.25) is 4.98 Å². The molecule has 0 saturated heterocycles. The smallest absolute Gasteiger partial charge is 0.0886 e. The van der Waals surface area contributed by atoms with Gasteiger partial charge in [0.15, 0.2) is 0 Å². The molecule has 0 bridgehead atoms. The first-order valence-electron chi connectivity index (χ1n) is 2.73. The van der Waals surface area contributed by atoms with Gasteiger partial charge in [-0.25, -0.2) is 0 Å². The van der Waals surface area contributed by atoms with Gasteiger partial charge < -0.3 is 4.74 Å². The quantitative estimate of drug-likeness (QED) is 0.584. The molecule has 0 saturated carbocycles. The van der Waals surface area contributed by atoms with Crippen molar-refractivity contribution in [1.82, 2.24) is 4.98 Å². The highest BCUT2D eigenvalue weighted by atomic mass is 16.5. The first-order valence-corrected chi connectivity index (χ1v) is 2.73. The van der Waals surface area contributed by atoms with Gasteiger partial charge in [0.2, 0.25) is 0 Å². The van der Waals surface area contributed by atoms with Crippen LogP contribution in [0.15, 0.2) is 18.3 Å². The van der Waals surface area contributed by atoms with Crippen LogP contribution in [0.1, 0.15) is 5.56 Å². The van der Waals surface area contributed by atoms with Crippen molar-refractivity contribution in [1.29, 1.82) is 0 Å². The fourth-order valence-corrected chi connectivity index (χ4v) is 0.603. The van der Waals surface area contributed by atoms with Gasteiger partial charge in [-0.15, -0.1) is 0 Å². The summed E-state index contributed by atoms with van der Waals surface area (Å²) in [6, 6.07) is 3.70. The number of methoxy groups -OCH3 is 1. The van der Waals surface area contributed by atoms with E-state index >= 15 is 0 Å². The molecule has 0 N–H and O–H groups in total. The largest absolute Gasteiger partial charge is 0.380 e. The fourth-order valence-electron chi connectivity index (χ4n) is 0.603. The average molecular weight is 122 g/mol. The van der Waals surface area contributed by atoms with Crippen LogP contribution in [-0.4, -0.2) is 12.1 Å². The van der Waals surface area contributed by atoms with E-state index in [9.17, 15) is 0 Å². The standard InChI is InChI=1S/C7H8NO/c1-9-6-7-3-2-4-8-5-7/h2-3,5H,6H2,1H3. The van der Waals surface area contributed by atoms with Gasteiger partial charge >= 0.3 is 0 Å². The summed E-state index contributed by atoms with van der Waals surface area (Å²) in [7, 11) is 1.66. The van der Waals surface area contributed by atoms with E-state index in [0.29, 0.717) is 6.61 Å². The minimum absolute atomic E-state index is 0.627. The Labute approximate surface area is 54.5 Å². The van der Waals surface area contributed by atoms with Gasteiger partial charge in [0, 0.05) is 13.3 Å². The molecule has 47 valence electrons. The van der Waals surface area contributed by atoms with Crippen LogP contribution in [0, 0.1) is 6.20 Å². The number of nitrogens with zero attached hydrogens (tertiary/aromatic N) is 1. The van der Waals surface area contributed by atoms with Crippen molar-refractivity contribution in [2.75, 3.05) is 7.11 Å². The number of pyridine rings is 1. The molecule has 1 heterocycles. The van der Waals surface area contributed by atoms with Gasteiger partial charge in [-0.1, -0.05) is 6.07 Å². The molecule has 0 aromatic carbocycles. The molecule has 1 aromatic heterocycles. The predicted octanol–water partition coefficient (Wildman–Crippen LogP) is 1.03. The molecule has 0 aliphatic rings. The third-order valence-electron chi connectivity index (χ3n) is 0.988. The molecular formula is C7H8NO. The Kier molecular flexibility index (Phi) is 2.22. The molecule has 0 aliphatic heterocycles. The van der Waals surface area contributed by atoms with Crippen molar-refractivity contribution >= 4 is 0 Å². The summed E-state index contributed by atoms with van der Waals surface area (Å²) in [6.45, 7) is 0.627. The van der Waals surface area contributed by atoms with Crippen molar-refractivity contribution in [3.05, 3.63) is 30.1 Å². The maximum absolute atomic E-state index is 4.87. The van der Waals surface area contributed by atoms with E-state index in [0.717, 1.165) is 5.56 Å². The van der Waals surface area contributed by atoms with Crippen LogP contribution in [0.2, 0.25) is 0 Å². The molecule has 0 fully saturated rings. The van der Waals surface area contributed by atoms with E-state index in [1.54, 1.807) is 19.4 Å². The molecule has 0 aliphatic carbocycles. The molecule has 1 radical (unpaired) electrons. The summed E-state index contributed by atoms with van der Waals surface area (Å²) >= 11 is 0. The van der Waals surface area contributed by atoms with E-state index in [2.05, 4.69) is 11.2 Å². The van der Waals surface area contributed by atoms with Crippen LogP contribution in [0.25, 0.3) is 0 Å². The van der Waals surface area contributed by atoms with Gasteiger partial charge in [0.25, 0.3) is 0 Å². The highest BCUT2D eigenvalue weighted by molar-refractivity contribution is 5.05. The first kappa shape index (κ1) is 6.23. The minimum Gasteiger partial charge on any atom is -0.380 e. The highest BCUT2D eigenvalue weighted by Crippen LogP contribution is 1.95. The predicted molar refractivity (Wildman–Crippen MR) is 33.8 cm³/mol. The van der Waals surface area contributed by atoms with E-state index < -0.39 is 0 Å². The van der Waals surface area contributed by atoms with Crippen LogP contribution >= 0.6 is 0 Å². The molecule has 1 aromatic rings. The summed E-state index contributed by atoms with van der Waals surface area (Å²) in [5.41, 5.74) is 1.08. The Balaban J connectivity index is 2.61. The van der Waals surface area contributed by atoms with Crippen LogP contribution in [-0.2, 0) is 11.3 Å². The molecule has 0 unspecified atom stereocenters. The summed E-state index contributed by atoms with van der Waals surface area (Å²) in [5.74, 6) is 0. The van der Waals surface area contributed by atoms with Crippen molar-refractivity contribution < 1.29 is 4.74 Å². The monoisotopic (exact) mass is 122 g/mol. The summed E-state index contributed by atoms with van der Waals surface area (Å²) in [5, 5.41) is 0. The van der Waals surface area contributed by atoms with Crippen LogP contribution in [0.5, 0.6) is 0 Å². The van der Waals surface area contributed by atoms with Crippen molar-refractivity contribution in [3.8, 4) is 0 Å². The Morgan fingerprint density at radius 1 is 1.78 bits per heavy atom. The second-order valence-electron chi connectivity index (χ2n) is 1.73. The highest BCUT2D eigenvalue weighted by Gasteiger charge is 1.86. The van der Waals surface area contributed by atoms with Gasteiger partial charge in [0.1, 0.15) is 0 Å². The Morgan fingerprint density at radius 2 is 2.67 bits per heavy atom. The van der Waals surface area contributed by atoms with Crippen LogP contribution in [0.4, 0.5) is 0 Å². The Bertz CT molecular complexity index is 162. The lowest BCUT2D eigenvalue weighted by Crippen LogP contribution is -1.86. The van der Waals surface area contributed by atoms with E-state index in [-0.39, 0.29) is 0 Å². The molecule has 0 atom stereocenters. The second kappa shape index (κ2) is 3.20. The van der Waals surface area contributed by atoms with Crippen LogP contribution < -0.4 is 0 Å². The zero-order valence-electron chi connectivity index (χ0n) is 5.29. The Hall–Kier alpha value is -0.890. The number of hydrogen-bond donors (Lipinski definition) is 0. The zero-order chi connectivity index (χ0) is 6.53. The van der Waals surface area contributed by atoms with Crippen LogP contribution in [0.3, 0.4) is 0 Å².